The molecule has 1 aliphatic carbocycles. The third-order valence-corrected chi connectivity index (χ3v) is 5.55. The van der Waals surface area contributed by atoms with Gasteiger partial charge in [-0.3, -0.25) is 19.0 Å². The molecule has 0 amide bonds. The van der Waals surface area contributed by atoms with Crippen LogP contribution in [0.4, 0.5) is 5.69 Å². The average Bonchev–Trinajstić information content (AvgIpc) is 2.73. The van der Waals surface area contributed by atoms with Crippen LogP contribution in [-0.2, 0) is 22.7 Å². The minimum Gasteiger partial charge on any atom is -0.392 e. The van der Waals surface area contributed by atoms with Crippen molar-refractivity contribution in [3.63, 3.8) is 0 Å². The molecule has 1 heterocycles. The van der Waals surface area contributed by atoms with E-state index in [1.54, 1.807) is 13.0 Å². The van der Waals surface area contributed by atoms with Crippen LogP contribution in [0.5, 0.6) is 0 Å². The summed E-state index contributed by atoms with van der Waals surface area (Å²) in [6.07, 6.45) is 0.501. The van der Waals surface area contributed by atoms with E-state index in [1.165, 1.54) is 4.57 Å². The Bertz CT molecular complexity index is 1180. The highest BCUT2D eigenvalue weighted by molar-refractivity contribution is 6.03. The number of fused-ring (bicyclic) bond motifs is 1. The summed E-state index contributed by atoms with van der Waals surface area (Å²) in [6.45, 7) is 2.20. The lowest BCUT2D eigenvalue weighted by Gasteiger charge is -2.24. The normalized spacial score (nSPS) is 16.8. The molecule has 7 heteroatoms. The third kappa shape index (κ3) is 3.76. The largest absolute Gasteiger partial charge is 0.392 e. The van der Waals surface area contributed by atoms with Crippen LogP contribution in [0.2, 0.25) is 0 Å². The van der Waals surface area contributed by atoms with Gasteiger partial charge in [-0.1, -0.05) is 30.3 Å². The molecular weight excluding hydrogens is 382 g/mol. The van der Waals surface area contributed by atoms with Crippen molar-refractivity contribution < 1.29 is 14.7 Å². The Labute approximate surface area is 173 Å². The molecule has 2 N–H and O–H groups in total. The van der Waals surface area contributed by atoms with Gasteiger partial charge in [-0.05, 0) is 36.6 Å². The molecule has 1 atom stereocenters. The predicted molar refractivity (Wildman–Crippen MR) is 113 cm³/mol. The van der Waals surface area contributed by atoms with Crippen molar-refractivity contribution in [2.24, 2.45) is 0 Å². The van der Waals surface area contributed by atoms with Crippen LogP contribution in [0.25, 0.3) is 10.9 Å². The van der Waals surface area contributed by atoms with Crippen LogP contribution in [0.15, 0.2) is 47.3 Å². The molecule has 0 spiro atoms. The van der Waals surface area contributed by atoms with Crippen molar-refractivity contribution in [1.82, 2.24) is 9.55 Å². The van der Waals surface area contributed by atoms with Crippen LogP contribution in [0.1, 0.15) is 42.3 Å². The van der Waals surface area contributed by atoms with Gasteiger partial charge in [-0.25, -0.2) is 4.98 Å². The van der Waals surface area contributed by atoms with Crippen molar-refractivity contribution in [3.05, 3.63) is 69.8 Å². The molecule has 154 valence electrons. The number of hydrogen-bond acceptors (Lipinski definition) is 6. The summed E-state index contributed by atoms with van der Waals surface area (Å²) >= 11 is 0. The highest BCUT2D eigenvalue weighted by Crippen LogP contribution is 2.26. The zero-order valence-corrected chi connectivity index (χ0v) is 16.7. The Kier molecular flexibility index (Phi) is 5.46. The number of nitrogens with zero attached hydrogens (tertiary/aromatic N) is 2. The van der Waals surface area contributed by atoms with E-state index in [0.29, 0.717) is 41.8 Å². The molecular formula is C23H23N3O4. The van der Waals surface area contributed by atoms with Crippen molar-refractivity contribution >= 4 is 28.2 Å². The number of ketones is 2. The number of nitrogens with one attached hydrogen (secondary N) is 1. The zero-order valence-electron chi connectivity index (χ0n) is 16.7. The van der Waals surface area contributed by atoms with Gasteiger partial charge in [0.1, 0.15) is 11.6 Å². The standard InChI is InChI=1S/C23H23N3O4/c1-14-25-19-4-2-3-18(24-12-15-5-7-16(13-27)8-6-15)22(19)23(30)26(14)20-10-9-17(28)11-21(20)29/h2-8,20,24,27H,9-13H2,1H3. The van der Waals surface area contributed by atoms with Crippen LogP contribution < -0.4 is 10.9 Å². The van der Waals surface area contributed by atoms with E-state index in [2.05, 4.69) is 10.3 Å². The van der Waals surface area contributed by atoms with Crippen LogP contribution in [0.3, 0.4) is 0 Å². The van der Waals surface area contributed by atoms with E-state index in [1.807, 2.05) is 36.4 Å². The number of Topliss-reactive ketones (excluding diaryl/α,β-unsaturated/α-hetero) is 2. The van der Waals surface area contributed by atoms with E-state index >= 15 is 0 Å². The van der Waals surface area contributed by atoms with Crippen molar-refractivity contribution in [1.29, 1.82) is 0 Å². The van der Waals surface area contributed by atoms with Gasteiger partial charge in [0.15, 0.2) is 5.78 Å². The van der Waals surface area contributed by atoms with Crippen molar-refractivity contribution in [2.45, 2.75) is 45.4 Å². The molecule has 1 aliphatic rings. The maximum Gasteiger partial charge on any atom is 0.264 e. The fraction of sp³-hybridized carbons (Fsp3) is 0.304. The van der Waals surface area contributed by atoms with E-state index in [0.717, 1.165) is 11.1 Å². The number of hydrogen-bond donors (Lipinski definition) is 2. The lowest BCUT2D eigenvalue weighted by atomic mass is 9.92. The number of benzene rings is 2. The quantitative estimate of drug-likeness (QED) is 0.633. The number of aromatic nitrogens is 2. The number of carbonyl (C=O) groups excluding carboxylic acids is 2. The summed E-state index contributed by atoms with van der Waals surface area (Å²) in [5.74, 6) is 0.161. The maximum atomic E-state index is 13.4. The molecule has 0 aliphatic heterocycles. The fourth-order valence-electron chi connectivity index (χ4n) is 3.96. The average molecular weight is 405 g/mol. The molecule has 30 heavy (non-hydrogen) atoms. The Morgan fingerprint density at radius 2 is 1.83 bits per heavy atom. The molecule has 3 aromatic rings. The molecule has 4 rings (SSSR count). The molecule has 1 aromatic heterocycles. The second-order valence-electron chi connectivity index (χ2n) is 7.60. The van der Waals surface area contributed by atoms with Crippen LogP contribution >= 0.6 is 0 Å². The van der Waals surface area contributed by atoms with Gasteiger partial charge in [-0.2, -0.15) is 0 Å². The van der Waals surface area contributed by atoms with E-state index in [4.69, 9.17) is 0 Å². The molecule has 1 unspecified atom stereocenters. The molecule has 7 nitrogen and oxygen atoms in total. The Hall–Kier alpha value is -3.32. The molecule has 1 fully saturated rings. The van der Waals surface area contributed by atoms with Gasteiger partial charge in [0.25, 0.3) is 5.56 Å². The summed E-state index contributed by atoms with van der Waals surface area (Å²) in [5.41, 5.74) is 2.77. The fourth-order valence-corrected chi connectivity index (χ4v) is 3.96. The lowest BCUT2D eigenvalue weighted by molar-refractivity contribution is -0.132. The summed E-state index contributed by atoms with van der Waals surface area (Å²) in [7, 11) is 0. The first-order valence-corrected chi connectivity index (χ1v) is 9.96. The first kappa shape index (κ1) is 20.0. The molecule has 0 saturated heterocycles. The monoisotopic (exact) mass is 405 g/mol. The number of aliphatic hydroxyl groups excluding tert-OH is 1. The first-order chi connectivity index (χ1) is 14.5. The van der Waals surface area contributed by atoms with Gasteiger partial charge in [0.05, 0.1) is 30.0 Å². The second-order valence-corrected chi connectivity index (χ2v) is 7.60. The minimum atomic E-state index is -0.647. The molecule has 2 aromatic carbocycles. The predicted octanol–water partition coefficient (Wildman–Crippen LogP) is 2.67. The van der Waals surface area contributed by atoms with E-state index in [9.17, 15) is 19.5 Å². The highest BCUT2D eigenvalue weighted by Gasteiger charge is 2.30. The topological polar surface area (TPSA) is 101 Å². The van der Waals surface area contributed by atoms with E-state index in [-0.39, 0.29) is 30.2 Å². The summed E-state index contributed by atoms with van der Waals surface area (Å²) in [5, 5.41) is 12.9. The lowest BCUT2D eigenvalue weighted by Crippen LogP contribution is -2.36. The maximum absolute atomic E-state index is 13.4. The number of anilines is 1. The Morgan fingerprint density at radius 1 is 1.10 bits per heavy atom. The number of rotatable bonds is 5. The Morgan fingerprint density at radius 3 is 2.53 bits per heavy atom. The molecule has 0 radical (unpaired) electrons. The summed E-state index contributed by atoms with van der Waals surface area (Å²) < 4.78 is 1.44. The minimum absolute atomic E-state index is 0.00687. The van der Waals surface area contributed by atoms with Crippen molar-refractivity contribution in [3.8, 4) is 0 Å². The summed E-state index contributed by atoms with van der Waals surface area (Å²) in [4.78, 5) is 42.0. The van der Waals surface area contributed by atoms with Gasteiger partial charge < -0.3 is 10.4 Å². The van der Waals surface area contributed by atoms with E-state index < -0.39 is 6.04 Å². The molecule has 0 bridgehead atoms. The van der Waals surface area contributed by atoms with Gasteiger partial charge >= 0.3 is 0 Å². The van der Waals surface area contributed by atoms with Gasteiger partial charge in [0.2, 0.25) is 0 Å². The zero-order chi connectivity index (χ0) is 21.3. The second kappa shape index (κ2) is 8.20. The number of carbonyl (C=O) groups is 2. The number of aliphatic hydroxyl groups is 1. The van der Waals surface area contributed by atoms with Crippen LogP contribution in [0, 0.1) is 6.92 Å². The van der Waals surface area contributed by atoms with Gasteiger partial charge in [-0.15, -0.1) is 0 Å². The third-order valence-electron chi connectivity index (χ3n) is 5.55. The molecule has 1 saturated carbocycles. The van der Waals surface area contributed by atoms with Gasteiger partial charge in [0, 0.05) is 18.7 Å². The Balaban J connectivity index is 1.71. The van der Waals surface area contributed by atoms with Crippen LogP contribution in [-0.4, -0.2) is 26.2 Å². The highest BCUT2D eigenvalue weighted by atomic mass is 16.3. The number of aryl methyl sites for hydroxylation is 1. The summed E-state index contributed by atoms with van der Waals surface area (Å²) in [6, 6.07) is 12.3. The smallest absolute Gasteiger partial charge is 0.264 e. The first-order valence-electron chi connectivity index (χ1n) is 9.96. The van der Waals surface area contributed by atoms with Crippen molar-refractivity contribution in [2.75, 3.05) is 5.32 Å². The SMILES string of the molecule is Cc1nc2cccc(NCc3ccc(CO)cc3)c2c(=O)n1C1CCC(=O)CC1=O.